The summed E-state index contributed by atoms with van der Waals surface area (Å²) in [5.41, 5.74) is 5.47. The number of carbonyl (C=O) groups excluding carboxylic acids is 1. The van der Waals surface area contributed by atoms with Crippen LogP contribution in [0, 0.1) is 0 Å². The molecule has 150 valence electrons. The van der Waals surface area contributed by atoms with Crippen LogP contribution in [0.1, 0.15) is 33.1 Å². The fraction of sp³-hybridized carbons (Fsp3) is 0.167. The first kappa shape index (κ1) is 18.2. The fourth-order valence-corrected chi connectivity index (χ4v) is 4.04. The summed E-state index contributed by atoms with van der Waals surface area (Å²) in [4.78, 5) is 22.5. The van der Waals surface area contributed by atoms with Gasteiger partial charge >= 0.3 is 5.97 Å². The van der Waals surface area contributed by atoms with Crippen molar-refractivity contribution in [3.63, 3.8) is 0 Å². The summed E-state index contributed by atoms with van der Waals surface area (Å²) in [6, 6.07) is 21.4. The zero-order valence-corrected chi connectivity index (χ0v) is 16.8. The number of aromatic nitrogens is 2. The van der Waals surface area contributed by atoms with E-state index in [9.17, 15) is 4.79 Å². The SMILES string of the molecule is COC(=O)c1ccc2c(c1)C(N(C)c1nc3ccccc3[nH]1)c1ccccc1CO2. The van der Waals surface area contributed by atoms with E-state index in [0.717, 1.165) is 39.4 Å². The molecule has 0 saturated carbocycles. The molecule has 0 aliphatic carbocycles. The average Bonchev–Trinajstić information content (AvgIpc) is 3.15. The lowest BCUT2D eigenvalue weighted by atomic mass is 9.93. The summed E-state index contributed by atoms with van der Waals surface area (Å²) in [7, 11) is 3.39. The van der Waals surface area contributed by atoms with Crippen molar-refractivity contribution in [2.75, 3.05) is 19.1 Å². The normalized spacial score (nSPS) is 14.9. The smallest absolute Gasteiger partial charge is 0.337 e. The summed E-state index contributed by atoms with van der Waals surface area (Å²) in [6.45, 7) is 0.464. The molecule has 30 heavy (non-hydrogen) atoms. The molecule has 4 aromatic rings. The van der Waals surface area contributed by atoms with Gasteiger partial charge < -0.3 is 19.4 Å². The van der Waals surface area contributed by atoms with Gasteiger partial charge in [0, 0.05) is 12.6 Å². The zero-order valence-electron chi connectivity index (χ0n) is 16.8. The topological polar surface area (TPSA) is 67.5 Å². The number of para-hydroxylation sites is 2. The van der Waals surface area contributed by atoms with Gasteiger partial charge in [-0.25, -0.2) is 9.78 Å². The molecule has 1 aromatic heterocycles. The lowest BCUT2D eigenvalue weighted by Crippen LogP contribution is -2.27. The molecule has 0 bridgehead atoms. The largest absolute Gasteiger partial charge is 0.489 e. The van der Waals surface area contributed by atoms with Gasteiger partial charge in [0.15, 0.2) is 0 Å². The lowest BCUT2D eigenvalue weighted by Gasteiger charge is -2.29. The van der Waals surface area contributed by atoms with Crippen molar-refractivity contribution in [3.05, 3.63) is 89.0 Å². The Bertz CT molecular complexity index is 1210. The number of imidazole rings is 1. The zero-order chi connectivity index (χ0) is 20.7. The highest BCUT2D eigenvalue weighted by atomic mass is 16.5. The van der Waals surface area contributed by atoms with E-state index in [4.69, 9.17) is 14.5 Å². The van der Waals surface area contributed by atoms with Crippen LogP contribution in [-0.2, 0) is 11.3 Å². The first-order valence-corrected chi connectivity index (χ1v) is 9.76. The average molecular weight is 399 g/mol. The molecule has 1 N–H and O–H groups in total. The number of benzene rings is 3. The van der Waals surface area contributed by atoms with Gasteiger partial charge in [0.1, 0.15) is 12.4 Å². The Morgan fingerprint density at radius 1 is 1.10 bits per heavy atom. The van der Waals surface area contributed by atoms with Gasteiger partial charge in [-0.15, -0.1) is 0 Å². The molecule has 1 unspecified atom stereocenters. The molecule has 0 spiro atoms. The molecule has 2 heterocycles. The molecule has 6 nitrogen and oxygen atoms in total. The van der Waals surface area contributed by atoms with Gasteiger partial charge in [-0.3, -0.25) is 0 Å². The fourth-order valence-electron chi connectivity index (χ4n) is 4.04. The molecule has 3 aromatic carbocycles. The molecular weight excluding hydrogens is 378 g/mol. The minimum atomic E-state index is -0.375. The van der Waals surface area contributed by atoms with Crippen molar-refractivity contribution >= 4 is 23.0 Å². The van der Waals surface area contributed by atoms with Crippen LogP contribution in [0.25, 0.3) is 11.0 Å². The Kier molecular flexibility index (Phi) is 4.39. The summed E-state index contributed by atoms with van der Waals surface area (Å²) >= 11 is 0. The third kappa shape index (κ3) is 2.97. The maximum Gasteiger partial charge on any atom is 0.337 e. The van der Waals surface area contributed by atoms with E-state index in [2.05, 4.69) is 22.0 Å². The number of hydrogen-bond donors (Lipinski definition) is 1. The van der Waals surface area contributed by atoms with E-state index >= 15 is 0 Å². The minimum Gasteiger partial charge on any atom is -0.489 e. The Morgan fingerprint density at radius 3 is 2.73 bits per heavy atom. The number of rotatable bonds is 3. The maximum absolute atomic E-state index is 12.2. The number of fused-ring (bicyclic) bond motifs is 3. The third-order valence-corrected chi connectivity index (χ3v) is 5.56. The van der Waals surface area contributed by atoms with Crippen LogP contribution >= 0.6 is 0 Å². The van der Waals surface area contributed by atoms with Crippen molar-refractivity contribution in [2.24, 2.45) is 0 Å². The molecule has 1 aliphatic rings. The molecule has 0 fully saturated rings. The van der Waals surface area contributed by atoms with Crippen LogP contribution in [0.2, 0.25) is 0 Å². The van der Waals surface area contributed by atoms with Gasteiger partial charge in [0.05, 0.1) is 29.7 Å². The van der Waals surface area contributed by atoms with Crippen molar-refractivity contribution < 1.29 is 14.3 Å². The van der Waals surface area contributed by atoms with Crippen molar-refractivity contribution in [2.45, 2.75) is 12.6 Å². The quantitative estimate of drug-likeness (QED) is 0.515. The number of ether oxygens (including phenoxy) is 2. The number of aromatic amines is 1. The molecule has 1 aliphatic heterocycles. The van der Waals surface area contributed by atoms with Crippen LogP contribution in [0.4, 0.5) is 5.95 Å². The second-order valence-corrected chi connectivity index (χ2v) is 7.32. The van der Waals surface area contributed by atoms with Gasteiger partial charge in [0.2, 0.25) is 5.95 Å². The lowest BCUT2D eigenvalue weighted by molar-refractivity contribution is 0.0600. The highest BCUT2D eigenvalue weighted by Crippen LogP contribution is 2.41. The number of methoxy groups -OCH3 is 1. The monoisotopic (exact) mass is 399 g/mol. The molecule has 0 radical (unpaired) electrons. The number of hydrogen-bond acceptors (Lipinski definition) is 5. The second kappa shape index (κ2) is 7.22. The Balaban J connectivity index is 1.69. The molecule has 0 saturated heterocycles. The number of nitrogens with zero attached hydrogens (tertiary/aromatic N) is 2. The highest BCUT2D eigenvalue weighted by molar-refractivity contribution is 5.90. The molecule has 5 rings (SSSR count). The van der Waals surface area contributed by atoms with E-state index in [1.54, 1.807) is 6.07 Å². The number of nitrogens with one attached hydrogen (secondary N) is 1. The van der Waals surface area contributed by atoms with E-state index in [1.807, 2.05) is 55.6 Å². The Labute approximate surface area is 174 Å². The van der Waals surface area contributed by atoms with Gasteiger partial charge in [-0.1, -0.05) is 36.4 Å². The van der Waals surface area contributed by atoms with Crippen LogP contribution in [0.5, 0.6) is 5.75 Å². The van der Waals surface area contributed by atoms with Crippen LogP contribution in [-0.4, -0.2) is 30.1 Å². The Hall–Kier alpha value is -3.80. The summed E-state index contributed by atoms with van der Waals surface area (Å²) in [6.07, 6.45) is 0. The summed E-state index contributed by atoms with van der Waals surface area (Å²) < 4.78 is 11.0. The Morgan fingerprint density at radius 2 is 1.90 bits per heavy atom. The highest BCUT2D eigenvalue weighted by Gasteiger charge is 2.30. The molecule has 1 atom stereocenters. The van der Waals surface area contributed by atoms with Crippen molar-refractivity contribution in [1.29, 1.82) is 0 Å². The number of carbonyl (C=O) groups is 1. The number of H-pyrrole nitrogens is 1. The third-order valence-electron chi connectivity index (χ3n) is 5.56. The number of anilines is 1. The van der Waals surface area contributed by atoms with E-state index in [-0.39, 0.29) is 12.0 Å². The summed E-state index contributed by atoms with van der Waals surface area (Å²) in [5.74, 6) is 1.11. The predicted octanol–water partition coefficient (Wildman–Crippen LogP) is 4.47. The molecule has 6 heteroatoms. The van der Waals surface area contributed by atoms with Gasteiger partial charge in [-0.2, -0.15) is 0 Å². The minimum absolute atomic E-state index is 0.191. The van der Waals surface area contributed by atoms with Crippen LogP contribution in [0.15, 0.2) is 66.7 Å². The van der Waals surface area contributed by atoms with E-state index < -0.39 is 0 Å². The second-order valence-electron chi connectivity index (χ2n) is 7.32. The predicted molar refractivity (Wildman–Crippen MR) is 115 cm³/mol. The van der Waals surface area contributed by atoms with Crippen LogP contribution in [0.3, 0.4) is 0 Å². The van der Waals surface area contributed by atoms with Crippen LogP contribution < -0.4 is 9.64 Å². The first-order chi connectivity index (χ1) is 14.7. The van der Waals surface area contributed by atoms with Crippen molar-refractivity contribution in [1.82, 2.24) is 9.97 Å². The van der Waals surface area contributed by atoms with Gasteiger partial charge in [0.25, 0.3) is 0 Å². The molecule has 0 amide bonds. The van der Waals surface area contributed by atoms with Crippen molar-refractivity contribution in [3.8, 4) is 5.75 Å². The molecular formula is C24H21N3O3. The van der Waals surface area contributed by atoms with E-state index in [0.29, 0.717) is 12.2 Å². The standard InChI is InChI=1S/C24H21N3O3/c1-27(24-25-19-9-5-6-10-20(19)26-24)22-17-8-4-3-7-16(17)14-30-21-12-11-15(13-18(21)22)23(28)29-2/h3-13,22H,14H2,1-2H3,(H,25,26). The first-order valence-electron chi connectivity index (χ1n) is 9.76. The van der Waals surface area contributed by atoms with E-state index in [1.165, 1.54) is 7.11 Å². The maximum atomic E-state index is 12.2. The summed E-state index contributed by atoms with van der Waals surface area (Å²) in [5, 5.41) is 0. The van der Waals surface area contributed by atoms with Gasteiger partial charge in [-0.05, 0) is 41.5 Å². The number of esters is 1.